The average molecular weight is 342 g/mol. The fraction of sp³-hybridized carbons (Fsp3) is 0.533. The second-order valence-electron chi connectivity index (χ2n) is 5.69. The van der Waals surface area contributed by atoms with E-state index in [-0.39, 0.29) is 0 Å². The van der Waals surface area contributed by atoms with Crippen molar-refractivity contribution in [2.24, 2.45) is 11.8 Å². The van der Waals surface area contributed by atoms with Crippen LogP contribution in [0, 0.1) is 11.8 Å². The van der Waals surface area contributed by atoms with Crippen LogP contribution in [0.4, 0.5) is 0 Å². The average Bonchev–Trinajstić information content (AvgIpc) is 2.94. The normalized spacial score (nSPS) is 23.3. The summed E-state index contributed by atoms with van der Waals surface area (Å²) in [6.07, 6.45) is 4.02. The summed E-state index contributed by atoms with van der Waals surface area (Å²) in [4.78, 5) is 4.64. The number of rotatable bonds is 3. The third kappa shape index (κ3) is 2.68. The molecule has 1 aromatic heterocycles. The molecule has 0 radical (unpaired) electrons. The van der Waals surface area contributed by atoms with Gasteiger partial charge in [0.1, 0.15) is 5.82 Å². The van der Waals surface area contributed by atoms with Crippen LogP contribution in [0.25, 0.3) is 11.0 Å². The lowest BCUT2D eigenvalue weighted by molar-refractivity contribution is 0.441. The lowest BCUT2D eigenvalue weighted by atomic mass is 10.1. The Labute approximate surface area is 127 Å². The molecule has 1 heterocycles. The lowest BCUT2D eigenvalue weighted by Crippen LogP contribution is -2.10. The maximum Gasteiger partial charge on any atom is 0.124 e. The number of imidazole rings is 1. The number of aromatic nitrogens is 2. The Balaban J connectivity index is 1.98. The van der Waals surface area contributed by atoms with E-state index in [1.54, 1.807) is 0 Å². The van der Waals surface area contributed by atoms with Crippen molar-refractivity contribution in [2.75, 3.05) is 0 Å². The molecule has 2 atom stereocenters. The molecule has 102 valence electrons. The predicted octanol–water partition coefficient (Wildman–Crippen LogP) is 4.97. The zero-order valence-corrected chi connectivity index (χ0v) is 13.4. The summed E-state index contributed by atoms with van der Waals surface area (Å²) in [5.74, 6) is 3.11. The topological polar surface area (TPSA) is 17.8 Å². The molecule has 0 amide bonds. The quantitative estimate of drug-likeness (QED) is 0.720. The third-order valence-corrected chi connectivity index (χ3v) is 4.89. The number of benzene rings is 1. The molecule has 2 unspecified atom stereocenters. The maximum absolute atomic E-state index is 6.06. The summed E-state index contributed by atoms with van der Waals surface area (Å²) in [6, 6.07) is 6.25. The first-order valence-electron chi connectivity index (χ1n) is 6.88. The summed E-state index contributed by atoms with van der Waals surface area (Å²) in [7, 11) is 0. The number of hydrogen-bond acceptors (Lipinski definition) is 1. The van der Waals surface area contributed by atoms with E-state index >= 15 is 0 Å². The zero-order valence-electron chi connectivity index (χ0n) is 11.1. The van der Waals surface area contributed by atoms with Crippen LogP contribution in [-0.4, -0.2) is 9.55 Å². The molecule has 2 aromatic rings. The molecule has 1 aromatic carbocycles. The van der Waals surface area contributed by atoms with Gasteiger partial charge in [0.25, 0.3) is 0 Å². The lowest BCUT2D eigenvalue weighted by Gasteiger charge is -2.13. The van der Waals surface area contributed by atoms with E-state index in [9.17, 15) is 0 Å². The van der Waals surface area contributed by atoms with Crippen molar-refractivity contribution in [1.82, 2.24) is 9.55 Å². The highest BCUT2D eigenvalue weighted by molar-refractivity contribution is 9.10. The molecular formula is C15H18BrClN2. The monoisotopic (exact) mass is 340 g/mol. The molecule has 2 nitrogen and oxygen atoms in total. The highest BCUT2D eigenvalue weighted by Gasteiger charge is 2.23. The highest BCUT2D eigenvalue weighted by atomic mass is 79.9. The summed E-state index contributed by atoms with van der Waals surface area (Å²) >= 11 is 9.61. The van der Waals surface area contributed by atoms with Crippen molar-refractivity contribution in [3.05, 3.63) is 28.5 Å². The van der Waals surface area contributed by atoms with Gasteiger partial charge >= 0.3 is 0 Å². The maximum atomic E-state index is 6.06. The van der Waals surface area contributed by atoms with Gasteiger partial charge in [0.05, 0.1) is 16.9 Å². The molecule has 1 fully saturated rings. The molecule has 1 aliphatic rings. The largest absolute Gasteiger partial charge is 0.327 e. The van der Waals surface area contributed by atoms with Crippen LogP contribution in [0.3, 0.4) is 0 Å². The van der Waals surface area contributed by atoms with Crippen LogP contribution in [0.1, 0.15) is 32.0 Å². The number of alkyl halides is 1. The Hall–Kier alpha value is -0.540. The van der Waals surface area contributed by atoms with Gasteiger partial charge in [-0.1, -0.05) is 29.3 Å². The molecule has 0 N–H and O–H groups in total. The number of halogens is 2. The van der Waals surface area contributed by atoms with E-state index in [0.717, 1.165) is 34.2 Å². The van der Waals surface area contributed by atoms with Gasteiger partial charge in [0, 0.05) is 11.0 Å². The van der Waals surface area contributed by atoms with Gasteiger partial charge in [-0.05, 0) is 42.9 Å². The molecule has 19 heavy (non-hydrogen) atoms. The van der Waals surface area contributed by atoms with Gasteiger partial charge in [-0.2, -0.15) is 0 Å². The summed E-state index contributed by atoms with van der Waals surface area (Å²) in [6.45, 7) is 3.41. The van der Waals surface area contributed by atoms with Crippen LogP contribution in [0.2, 0.25) is 0 Å². The van der Waals surface area contributed by atoms with Crippen LogP contribution in [0.15, 0.2) is 22.7 Å². The van der Waals surface area contributed by atoms with Crippen LogP contribution in [-0.2, 0) is 12.4 Å². The fourth-order valence-electron chi connectivity index (χ4n) is 3.20. The minimum Gasteiger partial charge on any atom is -0.327 e. The van der Waals surface area contributed by atoms with Crippen molar-refractivity contribution in [2.45, 2.75) is 38.6 Å². The van der Waals surface area contributed by atoms with Crippen molar-refractivity contribution >= 4 is 38.6 Å². The Kier molecular flexibility index (Phi) is 3.86. The SMILES string of the molecule is CC1CCC(Cn2c(CCl)nc3ccc(Br)cc32)C1. The number of hydrogen-bond donors (Lipinski definition) is 0. The number of nitrogens with zero attached hydrogens (tertiary/aromatic N) is 2. The minimum atomic E-state index is 0.481. The van der Waals surface area contributed by atoms with Crippen molar-refractivity contribution < 1.29 is 0 Å². The molecule has 0 spiro atoms. The molecule has 4 heteroatoms. The van der Waals surface area contributed by atoms with E-state index in [2.05, 4.69) is 44.5 Å². The van der Waals surface area contributed by atoms with Crippen LogP contribution < -0.4 is 0 Å². The van der Waals surface area contributed by atoms with E-state index in [4.69, 9.17) is 11.6 Å². The van der Waals surface area contributed by atoms with E-state index in [0.29, 0.717) is 5.88 Å². The molecular weight excluding hydrogens is 324 g/mol. The number of fused-ring (bicyclic) bond motifs is 1. The molecule has 3 rings (SSSR count). The first-order valence-corrected chi connectivity index (χ1v) is 8.20. The Morgan fingerprint density at radius 3 is 2.95 bits per heavy atom. The van der Waals surface area contributed by atoms with Gasteiger partial charge in [0.2, 0.25) is 0 Å². The molecule has 0 aliphatic heterocycles. The molecule has 0 bridgehead atoms. The van der Waals surface area contributed by atoms with Crippen molar-refractivity contribution in [1.29, 1.82) is 0 Å². The van der Waals surface area contributed by atoms with E-state index in [1.165, 1.54) is 24.8 Å². The Morgan fingerprint density at radius 2 is 2.26 bits per heavy atom. The zero-order chi connectivity index (χ0) is 13.4. The highest BCUT2D eigenvalue weighted by Crippen LogP contribution is 2.33. The van der Waals surface area contributed by atoms with E-state index < -0.39 is 0 Å². The smallest absolute Gasteiger partial charge is 0.124 e. The standard InChI is InChI=1S/C15H18BrClN2/c1-10-2-3-11(6-10)9-19-14-7-12(16)4-5-13(14)18-15(19)8-17/h4-5,7,10-11H,2-3,6,8-9H2,1H3. The van der Waals surface area contributed by atoms with Gasteiger partial charge < -0.3 is 4.57 Å². The second kappa shape index (κ2) is 5.45. The van der Waals surface area contributed by atoms with E-state index in [1.807, 2.05) is 6.07 Å². The van der Waals surface area contributed by atoms with Crippen molar-refractivity contribution in [3.63, 3.8) is 0 Å². The molecule has 1 saturated carbocycles. The molecule has 1 aliphatic carbocycles. The van der Waals surface area contributed by atoms with Gasteiger partial charge in [-0.25, -0.2) is 4.98 Å². The Morgan fingerprint density at radius 1 is 1.42 bits per heavy atom. The first kappa shape index (κ1) is 13.4. The summed E-state index contributed by atoms with van der Waals surface area (Å²) < 4.78 is 3.41. The van der Waals surface area contributed by atoms with Gasteiger partial charge in [0.15, 0.2) is 0 Å². The van der Waals surface area contributed by atoms with Gasteiger partial charge in [-0.3, -0.25) is 0 Å². The minimum absolute atomic E-state index is 0.481. The molecule has 0 saturated heterocycles. The third-order valence-electron chi connectivity index (χ3n) is 4.15. The van der Waals surface area contributed by atoms with Gasteiger partial charge in [-0.15, -0.1) is 11.6 Å². The van der Waals surface area contributed by atoms with Crippen LogP contribution in [0.5, 0.6) is 0 Å². The second-order valence-corrected chi connectivity index (χ2v) is 6.87. The predicted molar refractivity (Wildman–Crippen MR) is 83.5 cm³/mol. The summed E-state index contributed by atoms with van der Waals surface area (Å²) in [5, 5.41) is 0. The summed E-state index contributed by atoms with van der Waals surface area (Å²) in [5.41, 5.74) is 2.24. The first-order chi connectivity index (χ1) is 9.17. The fourth-order valence-corrected chi connectivity index (χ4v) is 3.75. The Bertz CT molecular complexity index is 593. The van der Waals surface area contributed by atoms with Crippen molar-refractivity contribution in [3.8, 4) is 0 Å². The van der Waals surface area contributed by atoms with Crippen LogP contribution >= 0.6 is 27.5 Å².